The fraction of sp³-hybridized carbons (Fsp3) is 0.333. The van der Waals surface area contributed by atoms with Crippen LogP contribution in [-0.2, 0) is 12.0 Å². The van der Waals surface area contributed by atoms with Crippen molar-refractivity contribution in [3.05, 3.63) is 45.2 Å². The molecule has 0 aliphatic heterocycles. The predicted octanol–water partition coefficient (Wildman–Crippen LogP) is 2.60. The van der Waals surface area contributed by atoms with E-state index < -0.39 is 17.7 Å². The van der Waals surface area contributed by atoms with Gasteiger partial charge in [0, 0.05) is 5.41 Å². The number of nitrogens with one attached hydrogen (secondary N) is 1. The van der Waals surface area contributed by atoms with Gasteiger partial charge in [-0.25, -0.2) is 9.18 Å². The maximum absolute atomic E-state index is 13.8. The topological polar surface area (TPSA) is 92.2 Å². The number of halogens is 1. The maximum Gasteiger partial charge on any atom is 0.335 e. The van der Waals surface area contributed by atoms with E-state index in [4.69, 9.17) is 5.11 Å². The number of aromatic carboxylic acids is 1. The first kappa shape index (κ1) is 17.0. The number of nitrogens with zero attached hydrogens (tertiary/aromatic N) is 2. The molecule has 1 heterocycles. The molecular weight excluding hydrogens is 321 g/mol. The molecule has 0 spiro atoms. The minimum Gasteiger partial charge on any atom is -0.478 e. The third-order valence-corrected chi connectivity index (χ3v) is 4.32. The molecular formula is C15H16FN3O3S. The van der Waals surface area contributed by atoms with E-state index in [-0.39, 0.29) is 23.1 Å². The standard InChI is InChI=1S/C15H16FN3O3S/c1-15(2,3)14-19-18-11(23-14)7-17-12(20)9-5-4-8(13(21)22)6-10(9)16/h4-6H,7H2,1-3H3,(H,17,20)(H,21,22). The van der Waals surface area contributed by atoms with Crippen LogP contribution in [0.25, 0.3) is 0 Å². The monoisotopic (exact) mass is 337 g/mol. The van der Waals surface area contributed by atoms with Gasteiger partial charge in [0.2, 0.25) is 0 Å². The van der Waals surface area contributed by atoms with Gasteiger partial charge in [-0.05, 0) is 18.2 Å². The van der Waals surface area contributed by atoms with Gasteiger partial charge in [0.25, 0.3) is 5.91 Å². The molecule has 2 rings (SSSR count). The summed E-state index contributed by atoms with van der Waals surface area (Å²) in [7, 11) is 0. The molecule has 0 unspecified atom stereocenters. The molecule has 0 aliphatic rings. The quantitative estimate of drug-likeness (QED) is 0.895. The van der Waals surface area contributed by atoms with Crippen molar-refractivity contribution in [2.24, 2.45) is 0 Å². The summed E-state index contributed by atoms with van der Waals surface area (Å²) >= 11 is 1.38. The number of hydrogen-bond donors (Lipinski definition) is 2. The molecule has 122 valence electrons. The molecule has 1 aromatic heterocycles. The Hall–Kier alpha value is -2.35. The highest BCUT2D eigenvalue weighted by Gasteiger charge is 2.20. The van der Waals surface area contributed by atoms with Crippen LogP contribution in [0, 0.1) is 5.82 Å². The minimum atomic E-state index is -1.25. The van der Waals surface area contributed by atoms with Gasteiger partial charge < -0.3 is 10.4 Å². The van der Waals surface area contributed by atoms with Gasteiger partial charge in [-0.3, -0.25) is 4.79 Å². The molecule has 0 atom stereocenters. The molecule has 0 saturated carbocycles. The molecule has 8 heteroatoms. The second-order valence-corrected chi connectivity index (χ2v) is 7.00. The summed E-state index contributed by atoms with van der Waals surface area (Å²) in [5, 5.41) is 20.8. The third-order valence-electron chi connectivity index (χ3n) is 2.97. The number of carbonyl (C=O) groups is 2. The Labute approximate surface area is 136 Å². The lowest BCUT2D eigenvalue weighted by molar-refractivity contribution is 0.0695. The summed E-state index contributed by atoms with van der Waals surface area (Å²) in [6, 6.07) is 3.15. The first-order chi connectivity index (χ1) is 10.7. The van der Waals surface area contributed by atoms with Gasteiger partial charge >= 0.3 is 5.97 Å². The second-order valence-electron chi connectivity index (χ2n) is 5.93. The molecule has 1 aromatic carbocycles. The van der Waals surface area contributed by atoms with Crippen molar-refractivity contribution in [1.82, 2.24) is 15.5 Å². The lowest BCUT2D eigenvalue weighted by Gasteiger charge is -2.12. The van der Waals surface area contributed by atoms with Crippen LogP contribution in [0.1, 0.15) is 51.5 Å². The van der Waals surface area contributed by atoms with E-state index in [9.17, 15) is 14.0 Å². The molecule has 0 radical (unpaired) electrons. The number of carboxylic acids is 1. The van der Waals surface area contributed by atoms with Crippen LogP contribution < -0.4 is 5.32 Å². The number of hydrogen-bond acceptors (Lipinski definition) is 5. The minimum absolute atomic E-state index is 0.126. The zero-order chi connectivity index (χ0) is 17.2. The summed E-state index contributed by atoms with van der Waals surface area (Å²) in [4.78, 5) is 22.7. The highest BCUT2D eigenvalue weighted by Crippen LogP contribution is 2.25. The first-order valence-electron chi connectivity index (χ1n) is 6.82. The Morgan fingerprint density at radius 1 is 1.30 bits per heavy atom. The largest absolute Gasteiger partial charge is 0.478 e. The molecule has 23 heavy (non-hydrogen) atoms. The number of aromatic nitrogens is 2. The Kier molecular flexibility index (Phi) is 4.74. The number of benzene rings is 1. The van der Waals surface area contributed by atoms with Gasteiger partial charge in [0.05, 0.1) is 17.7 Å². The van der Waals surface area contributed by atoms with Crippen LogP contribution in [0.15, 0.2) is 18.2 Å². The van der Waals surface area contributed by atoms with Crippen molar-refractivity contribution in [3.63, 3.8) is 0 Å². The second kappa shape index (κ2) is 6.41. The van der Waals surface area contributed by atoms with Gasteiger partial charge in [-0.1, -0.05) is 32.1 Å². The van der Waals surface area contributed by atoms with Gasteiger partial charge in [-0.2, -0.15) is 0 Å². The SMILES string of the molecule is CC(C)(C)c1nnc(CNC(=O)c2ccc(C(=O)O)cc2F)s1. The fourth-order valence-electron chi connectivity index (χ4n) is 1.71. The van der Waals surface area contributed by atoms with Crippen LogP contribution in [0.4, 0.5) is 4.39 Å². The van der Waals surface area contributed by atoms with E-state index >= 15 is 0 Å². The van der Waals surface area contributed by atoms with Crippen molar-refractivity contribution in [2.45, 2.75) is 32.7 Å². The predicted molar refractivity (Wildman–Crippen MR) is 83.1 cm³/mol. The first-order valence-corrected chi connectivity index (χ1v) is 7.64. The average Bonchev–Trinajstić information content (AvgIpc) is 2.93. The Morgan fingerprint density at radius 2 is 2.00 bits per heavy atom. The van der Waals surface area contributed by atoms with Gasteiger partial charge in [0.1, 0.15) is 15.8 Å². The van der Waals surface area contributed by atoms with E-state index in [1.165, 1.54) is 17.4 Å². The highest BCUT2D eigenvalue weighted by molar-refractivity contribution is 7.11. The summed E-state index contributed by atoms with van der Waals surface area (Å²) in [5.41, 5.74) is -0.549. The van der Waals surface area contributed by atoms with Crippen LogP contribution in [0.2, 0.25) is 0 Å². The van der Waals surface area contributed by atoms with Crippen molar-refractivity contribution >= 4 is 23.2 Å². The Bertz CT molecular complexity index is 753. The third kappa shape index (κ3) is 4.10. The number of rotatable bonds is 4. The smallest absolute Gasteiger partial charge is 0.335 e. The Morgan fingerprint density at radius 3 is 2.52 bits per heavy atom. The molecule has 0 aliphatic carbocycles. The summed E-state index contributed by atoms with van der Waals surface area (Å²) in [6.45, 7) is 6.16. The van der Waals surface area contributed by atoms with Crippen molar-refractivity contribution < 1.29 is 19.1 Å². The van der Waals surface area contributed by atoms with Crippen LogP contribution in [0.5, 0.6) is 0 Å². The zero-order valence-electron chi connectivity index (χ0n) is 12.9. The number of carbonyl (C=O) groups excluding carboxylic acids is 1. The molecule has 2 aromatic rings. The van der Waals surface area contributed by atoms with Crippen molar-refractivity contribution in [3.8, 4) is 0 Å². The number of amides is 1. The highest BCUT2D eigenvalue weighted by atomic mass is 32.1. The molecule has 0 fully saturated rings. The Balaban J connectivity index is 2.05. The zero-order valence-corrected chi connectivity index (χ0v) is 13.7. The maximum atomic E-state index is 13.8. The molecule has 0 bridgehead atoms. The van der Waals surface area contributed by atoms with E-state index in [0.29, 0.717) is 5.01 Å². The molecule has 6 nitrogen and oxygen atoms in total. The number of carboxylic acid groups (broad SMARTS) is 1. The van der Waals surface area contributed by atoms with Crippen LogP contribution in [0.3, 0.4) is 0 Å². The summed E-state index contributed by atoms with van der Waals surface area (Å²) in [6.07, 6.45) is 0. The summed E-state index contributed by atoms with van der Waals surface area (Å²) in [5.74, 6) is -2.76. The molecule has 2 N–H and O–H groups in total. The molecule has 1 amide bonds. The fourth-order valence-corrected chi connectivity index (χ4v) is 2.55. The molecule has 0 saturated heterocycles. The van der Waals surface area contributed by atoms with E-state index in [2.05, 4.69) is 15.5 Å². The van der Waals surface area contributed by atoms with E-state index in [1.807, 2.05) is 20.8 Å². The van der Waals surface area contributed by atoms with Crippen LogP contribution in [-0.4, -0.2) is 27.2 Å². The van der Waals surface area contributed by atoms with E-state index in [1.54, 1.807) is 0 Å². The summed E-state index contributed by atoms with van der Waals surface area (Å²) < 4.78 is 13.8. The van der Waals surface area contributed by atoms with Crippen LogP contribution >= 0.6 is 11.3 Å². The van der Waals surface area contributed by atoms with Crippen molar-refractivity contribution in [2.75, 3.05) is 0 Å². The van der Waals surface area contributed by atoms with Gasteiger partial charge in [0.15, 0.2) is 0 Å². The van der Waals surface area contributed by atoms with E-state index in [0.717, 1.165) is 17.1 Å². The average molecular weight is 337 g/mol. The lowest BCUT2D eigenvalue weighted by atomic mass is 9.98. The lowest BCUT2D eigenvalue weighted by Crippen LogP contribution is -2.24. The normalized spacial score (nSPS) is 11.3. The van der Waals surface area contributed by atoms with Gasteiger partial charge in [-0.15, -0.1) is 10.2 Å². The van der Waals surface area contributed by atoms with Crippen molar-refractivity contribution in [1.29, 1.82) is 0 Å².